The first-order valence-corrected chi connectivity index (χ1v) is 22.0. The van der Waals surface area contributed by atoms with Crippen LogP contribution in [-0.4, -0.2) is 95.0 Å². The van der Waals surface area contributed by atoms with E-state index in [1.807, 2.05) is 4.98 Å². The summed E-state index contributed by atoms with van der Waals surface area (Å²) in [6, 6.07) is 12.3. The number of nitrogens with two attached hydrogens (primary N) is 1. The maximum absolute atomic E-state index is 16.5. The Labute approximate surface area is 333 Å². The van der Waals surface area contributed by atoms with Crippen LogP contribution in [-0.2, 0) is 42.5 Å². The molecule has 10 atom stereocenters. The minimum atomic E-state index is -5.28. The van der Waals surface area contributed by atoms with E-state index in [-0.39, 0.29) is 39.8 Å². The molecule has 6 heterocycles. The minimum absolute atomic E-state index is 0.0215. The lowest BCUT2D eigenvalue weighted by molar-refractivity contribution is -0.0620. The molecule has 8 rings (SSSR count). The van der Waals surface area contributed by atoms with E-state index in [9.17, 15) is 33.5 Å². The molecule has 3 aliphatic heterocycles. The molecule has 26 heteroatoms. The van der Waals surface area contributed by atoms with Crippen LogP contribution in [0, 0.1) is 0 Å². The number of phenolic OH excluding ortho intramolecular Hbond substituents is 1. The average molecular weight is 882 g/mol. The fourth-order valence-corrected chi connectivity index (χ4v) is 10.7. The Kier molecular flexibility index (Phi) is 11.3. The van der Waals surface area contributed by atoms with Crippen molar-refractivity contribution in [2.45, 2.75) is 55.0 Å². The van der Waals surface area contributed by atoms with Gasteiger partial charge in [-0.15, -0.1) is 0 Å². The SMILES string of the molecule is Nc1ncnc2c1ncn2[C@@H]1O[C@@H]2COP(=O)(O)O[C@H]3[C@@H](F)[C@H](n4ccc(=O)[nH]c4=O)O[C@@H]3COP(=O)(SCc3ccc(OC(=O)c4ccc(O)cc4)cc3)O[C@@H]1[C@@H]2F. The number of hydrogen-bond acceptors (Lipinski definition) is 18. The number of hydrogen-bond donors (Lipinski definition) is 4. The number of halogens is 2. The predicted octanol–water partition coefficient (Wildman–Crippen LogP) is 3.31. The maximum atomic E-state index is 16.5. The van der Waals surface area contributed by atoms with Gasteiger partial charge in [-0.2, -0.15) is 0 Å². The molecular formula is C33H31F2N7O14P2S. The molecule has 3 aliphatic rings. The van der Waals surface area contributed by atoms with Gasteiger partial charge in [-0.3, -0.25) is 37.0 Å². The summed E-state index contributed by atoms with van der Waals surface area (Å²) in [4.78, 5) is 61.7. The van der Waals surface area contributed by atoms with Crippen molar-refractivity contribution in [3.05, 3.63) is 105 Å². The van der Waals surface area contributed by atoms with Crippen molar-refractivity contribution < 1.29 is 65.0 Å². The summed E-state index contributed by atoms with van der Waals surface area (Å²) < 4.78 is 102. The summed E-state index contributed by atoms with van der Waals surface area (Å²) in [6.45, 7) is -6.52. The third-order valence-corrected chi connectivity index (χ3v) is 13.9. The number of rotatable bonds is 7. The predicted molar refractivity (Wildman–Crippen MR) is 199 cm³/mol. The summed E-state index contributed by atoms with van der Waals surface area (Å²) in [5, 5.41) is 9.50. The van der Waals surface area contributed by atoms with Crippen LogP contribution in [0.4, 0.5) is 14.6 Å². The molecule has 0 saturated carbocycles. The van der Waals surface area contributed by atoms with Crippen molar-refractivity contribution in [1.29, 1.82) is 0 Å². The maximum Gasteiger partial charge on any atom is 0.472 e. The molecule has 0 aliphatic carbocycles. The smallest absolute Gasteiger partial charge is 0.472 e. The van der Waals surface area contributed by atoms with E-state index in [0.717, 1.165) is 18.6 Å². The van der Waals surface area contributed by atoms with Crippen LogP contribution in [0.25, 0.3) is 11.2 Å². The summed E-state index contributed by atoms with van der Waals surface area (Å²) in [6.07, 6.45) is -11.9. The van der Waals surface area contributed by atoms with E-state index in [2.05, 4.69) is 15.0 Å². The van der Waals surface area contributed by atoms with E-state index in [0.29, 0.717) is 21.5 Å². The fraction of sp³-hybridized carbons (Fsp3) is 0.333. The molecule has 2 aromatic carbocycles. The second-order valence-electron chi connectivity index (χ2n) is 13.1. The summed E-state index contributed by atoms with van der Waals surface area (Å²) in [7, 11) is -5.28. The third kappa shape index (κ3) is 8.59. The second kappa shape index (κ2) is 16.3. The van der Waals surface area contributed by atoms with Gasteiger partial charge in [0.05, 0.1) is 25.1 Å². The first-order valence-electron chi connectivity index (χ1n) is 17.3. The van der Waals surface area contributed by atoms with Gasteiger partial charge in [0.15, 0.2) is 36.3 Å². The minimum Gasteiger partial charge on any atom is -0.508 e. The Morgan fingerprint density at radius 3 is 2.39 bits per heavy atom. The molecule has 0 radical (unpaired) electrons. The van der Waals surface area contributed by atoms with Crippen molar-refractivity contribution >= 4 is 49.0 Å². The van der Waals surface area contributed by atoms with Gasteiger partial charge >= 0.3 is 26.3 Å². The quantitative estimate of drug-likeness (QED) is 0.104. The van der Waals surface area contributed by atoms with Crippen LogP contribution in [0.5, 0.6) is 11.5 Å². The van der Waals surface area contributed by atoms with Crippen LogP contribution in [0.15, 0.2) is 83.0 Å². The number of carbonyl (C=O) groups is 1. The molecule has 312 valence electrons. The Bertz CT molecular complexity index is 2590. The number of anilines is 1. The molecule has 59 heavy (non-hydrogen) atoms. The van der Waals surface area contributed by atoms with Crippen LogP contribution in [0.3, 0.4) is 0 Å². The van der Waals surface area contributed by atoms with Crippen molar-refractivity contribution in [3.63, 3.8) is 0 Å². The first kappa shape index (κ1) is 40.9. The largest absolute Gasteiger partial charge is 0.508 e. The van der Waals surface area contributed by atoms with E-state index in [1.54, 1.807) is 0 Å². The van der Waals surface area contributed by atoms with Crippen LogP contribution in [0.1, 0.15) is 28.4 Å². The Balaban J connectivity index is 1.10. The highest BCUT2D eigenvalue weighted by atomic mass is 32.7. The number of nitrogen functional groups attached to an aromatic ring is 1. The lowest BCUT2D eigenvalue weighted by Gasteiger charge is -2.27. The normalized spacial score (nSPS) is 31.2. The molecule has 0 amide bonds. The van der Waals surface area contributed by atoms with Crippen molar-refractivity contribution in [1.82, 2.24) is 29.1 Å². The van der Waals surface area contributed by atoms with Gasteiger partial charge in [-0.05, 0) is 53.3 Å². The molecule has 3 fully saturated rings. The number of esters is 1. The number of aromatic nitrogens is 6. The zero-order chi connectivity index (χ0) is 41.6. The lowest BCUT2D eigenvalue weighted by Crippen LogP contribution is -2.36. The number of phosphoric ester groups is 1. The number of phosphoric acid groups is 1. The number of ether oxygens (including phenoxy) is 3. The topological polar surface area (TPSA) is 281 Å². The van der Waals surface area contributed by atoms with Crippen molar-refractivity contribution in [2.75, 3.05) is 18.9 Å². The van der Waals surface area contributed by atoms with Gasteiger partial charge in [0, 0.05) is 18.0 Å². The van der Waals surface area contributed by atoms with Gasteiger partial charge < -0.3 is 29.9 Å². The number of imidazole rings is 1. The summed E-state index contributed by atoms with van der Waals surface area (Å²) in [5.74, 6) is -0.741. The van der Waals surface area contributed by atoms with Gasteiger partial charge in [-0.1, -0.05) is 12.1 Å². The highest BCUT2D eigenvalue weighted by Crippen LogP contribution is 2.65. The first-order chi connectivity index (χ1) is 28.2. The van der Waals surface area contributed by atoms with Gasteiger partial charge in [0.1, 0.15) is 47.8 Å². The Morgan fingerprint density at radius 1 is 0.915 bits per heavy atom. The molecule has 21 nitrogen and oxygen atoms in total. The number of carbonyl (C=O) groups excluding carboxylic acids is 1. The molecule has 5 aromatic rings. The van der Waals surface area contributed by atoms with Crippen LogP contribution >= 0.6 is 26.0 Å². The third-order valence-electron chi connectivity index (χ3n) is 9.25. The number of aromatic hydroxyl groups is 1. The highest BCUT2D eigenvalue weighted by Gasteiger charge is 2.55. The monoisotopic (exact) mass is 881 g/mol. The number of H-pyrrole nitrogens is 1. The number of fused-ring (bicyclic) bond motifs is 4. The number of nitrogens with one attached hydrogen (secondary N) is 1. The Hall–Kier alpha value is -4.87. The zero-order valence-corrected chi connectivity index (χ0v) is 32.4. The zero-order valence-electron chi connectivity index (χ0n) is 29.8. The van der Waals surface area contributed by atoms with Gasteiger partial charge in [-0.25, -0.2) is 42.5 Å². The van der Waals surface area contributed by atoms with E-state index in [4.69, 9.17) is 38.0 Å². The summed E-state index contributed by atoms with van der Waals surface area (Å²) in [5.41, 5.74) is 4.92. The number of benzene rings is 2. The van der Waals surface area contributed by atoms with E-state index in [1.165, 1.54) is 59.4 Å². The number of nitrogens with zero attached hydrogens (tertiary/aromatic N) is 5. The average Bonchev–Trinajstić information content (AvgIpc) is 3.86. The Morgan fingerprint density at radius 2 is 1.64 bits per heavy atom. The van der Waals surface area contributed by atoms with E-state index < -0.39 is 94.3 Å². The van der Waals surface area contributed by atoms with Crippen molar-refractivity contribution in [3.8, 4) is 11.5 Å². The van der Waals surface area contributed by atoms with Crippen LogP contribution < -0.4 is 21.7 Å². The molecule has 3 saturated heterocycles. The van der Waals surface area contributed by atoms with Crippen molar-refractivity contribution in [2.24, 2.45) is 0 Å². The fourth-order valence-electron chi connectivity index (χ4n) is 6.36. The van der Waals surface area contributed by atoms with Gasteiger partial charge in [0.25, 0.3) is 5.56 Å². The molecule has 3 aromatic heterocycles. The number of alkyl halides is 2. The molecule has 2 unspecified atom stereocenters. The standard InChI is InChI=1S/C33H31F2N7O14P2S/c34-23-20-11-50-57(47,48)55-26-21(54-30(24(26)35)41-10-9-22(44)40-33(41)46)12-51-58(49,56-27(23)31(53-20)42-15-39-25-28(36)37-14-38-29(25)42)59-13-16-1-7-19(8-2-16)52-32(45)17-3-5-18(43)6-4-17/h1-10,14-15,20-21,23-24,26-27,30-31,43H,11-13H2,(H,47,48)(H2,36,37,38)(H,40,44,46)/t20-,21-,23-,24-,26-,27-,30-,31-,58?/m1/s1. The molecular weight excluding hydrogens is 850 g/mol. The lowest BCUT2D eigenvalue weighted by atomic mass is 10.1. The summed E-state index contributed by atoms with van der Waals surface area (Å²) >= 11 is 0.574. The highest BCUT2D eigenvalue weighted by molar-refractivity contribution is 8.54. The van der Waals surface area contributed by atoms with Crippen LogP contribution in [0.2, 0.25) is 0 Å². The van der Waals surface area contributed by atoms with Gasteiger partial charge in [0.2, 0.25) is 0 Å². The second-order valence-corrected chi connectivity index (χ2v) is 18.6. The molecule has 0 spiro atoms. The van der Waals surface area contributed by atoms with E-state index >= 15 is 8.78 Å². The number of aromatic amines is 1. The molecule has 2 bridgehead atoms. The molecule has 5 N–H and O–H groups in total. The number of phenols is 1.